The predicted molar refractivity (Wildman–Crippen MR) is 200 cm³/mol. The van der Waals surface area contributed by atoms with E-state index in [0.717, 1.165) is 39.7 Å². The van der Waals surface area contributed by atoms with Gasteiger partial charge in [0.25, 0.3) is 0 Å². The number of nitrogens with zero attached hydrogens (tertiary/aromatic N) is 2. The molecule has 47 heavy (non-hydrogen) atoms. The van der Waals surface area contributed by atoms with Gasteiger partial charge in [-0.3, -0.25) is 0 Å². The quantitative estimate of drug-likeness (QED) is 0.114. The Hall–Kier alpha value is -6.34. The van der Waals surface area contributed by atoms with Crippen LogP contribution in [0, 0.1) is 0 Å². The van der Waals surface area contributed by atoms with Crippen molar-refractivity contribution in [3.63, 3.8) is 0 Å². The van der Waals surface area contributed by atoms with Crippen LogP contribution >= 0.6 is 0 Å². The molecule has 0 heterocycles. The molecule has 6 aromatic carbocycles. The lowest BCUT2D eigenvalue weighted by molar-refractivity contribution is 1.22. The van der Waals surface area contributed by atoms with Crippen molar-refractivity contribution < 1.29 is 0 Å². The minimum absolute atomic E-state index is 0.972. The molecule has 1 aliphatic rings. The van der Waals surface area contributed by atoms with Crippen LogP contribution in [0.3, 0.4) is 0 Å². The Morgan fingerprint density at radius 3 is 1.36 bits per heavy atom. The molecule has 0 atom stereocenters. The predicted octanol–water partition coefficient (Wildman–Crippen LogP) is 12.1. The number of hydrogen-bond donors (Lipinski definition) is 0. The van der Waals surface area contributed by atoms with Crippen molar-refractivity contribution in [3.05, 3.63) is 218 Å². The van der Waals surface area contributed by atoms with Crippen molar-refractivity contribution in [2.45, 2.75) is 0 Å². The summed E-state index contributed by atoms with van der Waals surface area (Å²) in [6.45, 7) is 4.02. The number of rotatable bonds is 10. The van der Waals surface area contributed by atoms with E-state index in [1.165, 1.54) is 22.3 Å². The van der Waals surface area contributed by atoms with Gasteiger partial charge in [0.2, 0.25) is 0 Å². The van der Waals surface area contributed by atoms with E-state index in [-0.39, 0.29) is 0 Å². The Morgan fingerprint density at radius 2 is 0.915 bits per heavy atom. The molecule has 0 bridgehead atoms. The molecule has 1 aliphatic carbocycles. The van der Waals surface area contributed by atoms with Gasteiger partial charge in [-0.1, -0.05) is 140 Å². The monoisotopic (exact) mass is 602 g/mol. The highest BCUT2D eigenvalue weighted by Gasteiger charge is 2.19. The molecule has 0 N–H and O–H groups in total. The molecule has 2 heteroatoms. The number of hydrogen-bond acceptors (Lipinski definition) is 2. The third-order valence-electron chi connectivity index (χ3n) is 8.24. The van der Waals surface area contributed by atoms with Gasteiger partial charge < -0.3 is 9.80 Å². The first-order chi connectivity index (χ1) is 23.3. The molecule has 0 aliphatic heterocycles. The molecular formula is C45H34N2. The standard InChI is InChI=1S/C45H34N2/c1-2-14-45(39-19-10-5-11-20-39)47(40-21-12-13-22-40)44-33-31-43(32-34-44)46(41-27-23-37(24-28-41)35-15-6-3-7-16-35)42-29-25-38(26-30-42)36-17-8-4-9-18-36/h2-21,23-34H,1H2/b45-14+. The van der Waals surface area contributed by atoms with Crippen LogP contribution in [0.25, 0.3) is 28.0 Å². The summed E-state index contributed by atoms with van der Waals surface area (Å²) in [5.41, 5.74) is 15.6. The van der Waals surface area contributed by atoms with Gasteiger partial charge in [-0.15, -0.1) is 0 Å². The van der Waals surface area contributed by atoms with Gasteiger partial charge in [0.15, 0.2) is 0 Å². The zero-order valence-corrected chi connectivity index (χ0v) is 26.1. The van der Waals surface area contributed by atoms with E-state index in [4.69, 9.17) is 0 Å². The maximum atomic E-state index is 4.02. The highest BCUT2D eigenvalue weighted by atomic mass is 15.2. The summed E-state index contributed by atoms with van der Waals surface area (Å²) in [5, 5.41) is 0. The van der Waals surface area contributed by atoms with Crippen molar-refractivity contribution in [1.29, 1.82) is 0 Å². The van der Waals surface area contributed by atoms with Crippen LogP contribution in [-0.2, 0) is 0 Å². The maximum absolute atomic E-state index is 4.02. The molecule has 0 unspecified atom stereocenters. The summed E-state index contributed by atoms with van der Waals surface area (Å²) in [6, 6.07) is 57.8. The highest BCUT2D eigenvalue weighted by Crippen LogP contribution is 2.39. The van der Waals surface area contributed by atoms with E-state index < -0.39 is 0 Å². The third-order valence-corrected chi connectivity index (χ3v) is 8.24. The second-order valence-corrected chi connectivity index (χ2v) is 11.2. The molecule has 0 aromatic heterocycles. The topological polar surface area (TPSA) is 6.48 Å². The molecule has 0 fully saturated rings. The van der Waals surface area contributed by atoms with Crippen LogP contribution in [0.1, 0.15) is 5.56 Å². The van der Waals surface area contributed by atoms with Gasteiger partial charge in [0.1, 0.15) is 0 Å². The maximum Gasteiger partial charge on any atom is 0.0890 e. The zero-order chi connectivity index (χ0) is 31.8. The van der Waals surface area contributed by atoms with Crippen molar-refractivity contribution in [2.24, 2.45) is 0 Å². The fourth-order valence-corrected chi connectivity index (χ4v) is 5.95. The SMILES string of the molecule is C=C/C=C(\c1ccccc1)N(C1=C=CC=C1)c1ccc(N(c2ccc(-c3ccccc3)cc2)c2ccc(-c3ccccc3)cc2)cc1. The van der Waals surface area contributed by atoms with Gasteiger partial charge in [0.05, 0.1) is 11.4 Å². The van der Waals surface area contributed by atoms with Gasteiger partial charge >= 0.3 is 0 Å². The molecule has 0 spiro atoms. The molecule has 0 radical (unpaired) electrons. The second-order valence-electron chi connectivity index (χ2n) is 11.2. The number of allylic oxidation sites excluding steroid dienone is 4. The van der Waals surface area contributed by atoms with Crippen LogP contribution in [0.2, 0.25) is 0 Å². The average molecular weight is 603 g/mol. The number of anilines is 4. The van der Waals surface area contributed by atoms with Crippen molar-refractivity contribution in [1.82, 2.24) is 0 Å². The molecule has 0 amide bonds. The average Bonchev–Trinajstić information content (AvgIpc) is 3.69. The minimum atomic E-state index is 0.972. The lowest BCUT2D eigenvalue weighted by Gasteiger charge is -2.29. The summed E-state index contributed by atoms with van der Waals surface area (Å²) in [5.74, 6) is 0. The summed E-state index contributed by atoms with van der Waals surface area (Å²) < 4.78 is 0. The first-order valence-electron chi connectivity index (χ1n) is 15.8. The number of benzene rings is 6. The Balaban J connectivity index is 1.29. The van der Waals surface area contributed by atoms with Crippen LogP contribution in [-0.4, -0.2) is 0 Å². The first kappa shape index (κ1) is 29.4. The summed E-state index contributed by atoms with van der Waals surface area (Å²) in [6.07, 6.45) is 9.95. The van der Waals surface area contributed by atoms with E-state index in [1.54, 1.807) is 0 Å². The summed E-state index contributed by atoms with van der Waals surface area (Å²) >= 11 is 0. The lowest BCUT2D eigenvalue weighted by Crippen LogP contribution is -2.19. The molecule has 0 saturated carbocycles. The lowest BCUT2D eigenvalue weighted by atomic mass is 10.0. The van der Waals surface area contributed by atoms with Gasteiger partial charge in [-0.05, 0) is 94.6 Å². The normalized spacial score (nSPS) is 12.1. The van der Waals surface area contributed by atoms with Crippen LogP contribution in [0.5, 0.6) is 0 Å². The molecule has 2 nitrogen and oxygen atoms in total. The second kappa shape index (κ2) is 13.7. The van der Waals surface area contributed by atoms with Crippen molar-refractivity contribution in [3.8, 4) is 22.3 Å². The Labute approximate surface area is 277 Å². The first-order valence-corrected chi connectivity index (χ1v) is 15.8. The van der Waals surface area contributed by atoms with Gasteiger partial charge in [-0.2, -0.15) is 0 Å². The largest absolute Gasteiger partial charge is 0.311 e. The van der Waals surface area contributed by atoms with Crippen LogP contribution in [0.15, 0.2) is 212 Å². The van der Waals surface area contributed by atoms with E-state index in [2.05, 4.69) is 192 Å². The van der Waals surface area contributed by atoms with Gasteiger partial charge in [-0.25, -0.2) is 0 Å². The zero-order valence-electron chi connectivity index (χ0n) is 26.1. The third kappa shape index (κ3) is 6.41. The van der Waals surface area contributed by atoms with E-state index >= 15 is 0 Å². The fourth-order valence-electron chi connectivity index (χ4n) is 5.95. The summed E-state index contributed by atoms with van der Waals surface area (Å²) in [4.78, 5) is 4.54. The van der Waals surface area contributed by atoms with E-state index in [9.17, 15) is 0 Å². The summed E-state index contributed by atoms with van der Waals surface area (Å²) in [7, 11) is 0. The van der Waals surface area contributed by atoms with Crippen molar-refractivity contribution >= 4 is 28.4 Å². The molecule has 6 aromatic rings. The Bertz CT molecular complexity index is 2000. The molecule has 7 rings (SSSR count). The minimum Gasteiger partial charge on any atom is -0.311 e. The van der Waals surface area contributed by atoms with Crippen molar-refractivity contribution in [2.75, 3.05) is 9.80 Å². The van der Waals surface area contributed by atoms with E-state index in [0.29, 0.717) is 0 Å². The van der Waals surface area contributed by atoms with Crippen LogP contribution < -0.4 is 9.80 Å². The fraction of sp³-hybridized carbons (Fsp3) is 0. The molecule has 0 saturated heterocycles. The smallest absolute Gasteiger partial charge is 0.0890 e. The Kier molecular flexibility index (Phi) is 8.59. The Morgan fingerprint density at radius 1 is 0.489 bits per heavy atom. The molecular weight excluding hydrogens is 569 g/mol. The van der Waals surface area contributed by atoms with Gasteiger partial charge in [0, 0.05) is 22.7 Å². The highest BCUT2D eigenvalue weighted by molar-refractivity contribution is 5.86. The molecule has 224 valence electrons. The van der Waals surface area contributed by atoms with Crippen LogP contribution in [0.4, 0.5) is 22.7 Å². The van der Waals surface area contributed by atoms with E-state index in [1.807, 2.05) is 24.3 Å².